The minimum absolute atomic E-state index is 0.169. The lowest BCUT2D eigenvalue weighted by atomic mass is 9.81. The number of nitrogens with zero attached hydrogens (tertiary/aromatic N) is 2. The largest absolute Gasteiger partial charge is 0.462 e. The number of hydrogen-bond donors (Lipinski definition) is 0. The Morgan fingerprint density at radius 2 is 1.80 bits per heavy atom. The molecule has 4 heteroatoms. The monoisotopic (exact) mass is 398 g/mol. The Bertz CT molecular complexity index is 1170. The average Bonchev–Trinajstić information content (AvgIpc) is 2.94. The lowest BCUT2D eigenvalue weighted by molar-refractivity contribution is 0.0527. The summed E-state index contributed by atoms with van der Waals surface area (Å²) in [6.45, 7) is 6.63. The number of benzene rings is 3. The van der Waals surface area contributed by atoms with Crippen LogP contribution in [0.25, 0.3) is 10.8 Å². The number of likely N-dealkylation sites (N-methyl/N-ethyl adjacent to an activating group) is 1. The molecule has 30 heavy (non-hydrogen) atoms. The van der Waals surface area contributed by atoms with Crippen molar-refractivity contribution in [1.29, 1.82) is 0 Å². The van der Waals surface area contributed by atoms with Gasteiger partial charge >= 0.3 is 5.97 Å². The van der Waals surface area contributed by atoms with E-state index in [1.165, 1.54) is 22.0 Å². The highest BCUT2D eigenvalue weighted by molar-refractivity contribution is 5.97. The molecule has 0 amide bonds. The van der Waals surface area contributed by atoms with E-state index in [0.717, 1.165) is 5.70 Å². The van der Waals surface area contributed by atoms with E-state index in [1.807, 2.05) is 24.3 Å². The maximum absolute atomic E-state index is 12.2. The molecule has 0 radical (unpaired) electrons. The van der Waals surface area contributed by atoms with Gasteiger partial charge in [-0.15, -0.1) is 0 Å². The second-order valence-electron chi connectivity index (χ2n) is 7.93. The second-order valence-corrected chi connectivity index (χ2v) is 7.93. The van der Waals surface area contributed by atoms with Gasteiger partial charge in [-0.2, -0.15) is 0 Å². The summed E-state index contributed by atoms with van der Waals surface area (Å²) in [5.41, 5.74) is 4.61. The molecule has 0 unspecified atom stereocenters. The highest BCUT2D eigenvalue weighted by Crippen LogP contribution is 2.49. The van der Waals surface area contributed by atoms with Gasteiger partial charge < -0.3 is 9.64 Å². The number of carbonyl (C=O) groups is 1. The zero-order valence-electron chi connectivity index (χ0n) is 17.8. The summed E-state index contributed by atoms with van der Waals surface area (Å²) in [6, 6.07) is 20.1. The van der Waals surface area contributed by atoms with E-state index < -0.39 is 0 Å². The molecular weight excluding hydrogens is 372 g/mol. The molecule has 1 aliphatic rings. The van der Waals surface area contributed by atoms with Crippen molar-refractivity contribution in [1.82, 2.24) is 0 Å². The summed E-state index contributed by atoms with van der Waals surface area (Å²) in [7, 11) is 2.09. The highest BCUT2D eigenvalue weighted by Gasteiger charge is 2.39. The Hall–Kier alpha value is -3.40. The first-order valence-electron chi connectivity index (χ1n) is 10.2. The van der Waals surface area contributed by atoms with E-state index >= 15 is 0 Å². The minimum atomic E-state index is -0.352. The van der Waals surface area contributed by atoms with Crippen molar-refractivity contribution in [2.24, 2.45) is 4.99 Å². The Balaban J connectivity index is 1.72. The van der Waals surface area contributed by atoms with Crippen LogP contribution in [-0.2, 0) is 10.2 Å². The summed E-state index contributed by atoms with van der Waals surface area (Å²) < 4.78 is 5.15. The first-order valence-corrected chi connectivity index (χ1v) is 10.2. The predicted octanol–water partition coefficient (Wildman–Crippen LogP) is 6.03. The molecule has 0 bridgehead atoms. The van der Waals surface area contributed by atoms with Crippen LogP contribution in [0.1, 0.15) is 36.7 Å². The maximum atomic E-state index is 12.2. The summed E-state index contributed by atoms with van der Waals surface area (Å²) in [5, 5.41) is 2.52. The van der Waals surface area contributed by atoms with Gasteiger partial charge in [0.05, 0.1) is 17.9 Å². The number of fused-ring (bicyclic) bond motifs is 3. The van der Waals surface area contributed by atoms with Gasteiger partial charge in [-0.25, -0.2) is 4.79 Å². The number of para-hydroxylation sites is 1. The Morgan fingerprint density at radius 1 is 1.07 bits per heavy atom. The van der Waals surface area contributed by atoms with Gasteiger partial charge in [0.1, 0.15) is 0 Å². The molecule has 0 N–H and O–H groups in total. The Labute approximate surface area is 177 Å². The zero-order chi connectivity index (χ0) is 21.3. The first-order chi connectivity index (χ1) is 14.4. The molecule has 3 aromatic rings. The van der Waals surface area contributed by atoms with Crippen molar-refractivity contribution in [3.63, 3.8) is 0 Å². The van der Waals surface area contributed by atoms with Crippen LogP contribution in [-0.4, -0.2) is 25.8 Å². The number of esters is 1. The van der Waals surface area contributed by atoms with Crippen molar-refractivity contribution in [3.05, 3.63) is 83.6 Å². The lowest BCUT2D eigenvalue weighted by Crippen LogP contribution is -2.23. The van der Waals surface area contributed by atoms with E-state index in [-0.39, 0.29) is 11.4 Å². The normalized spacial score (nSPS) is 16.4. The van der Waals surface area contributed by atoms with Crippen LogP contribution < -0.4 is 4.90 Å². The van der Waals surface area contributed by atoms with Crippen molar-refractivity contribution >= 4 is 34.3 Å². The quantitative estimate of drug-likeness (QED) is 0.398. The van der Waals surface area contributed by atoms with Crippen molar-refractivity contribution < 1.29 is 9.53 Å². The lowest BCUT2D eigenvalue weighted by Gasteiger charge is -2.24. The van der Waals surface area contributed by atoms with E-state index in [0.29, 0.717) is 17.9 Å². The topological polar surface area (TPSA) is 41.9 Å². The number of rotatable bonds is 4. The molecule has 4 nitrogen and oxygen atoms in total. The molecule has 0 saturated carbocycles. The van der Waals surface area contributed by atoms with Gasteiger partial charge in [0.15, 0.2) is 0 Å². The van der Waals surface area contributed by atoms with E-state index in [1.54, 1.807) is 19.2 Å². The number of anilines is 1. The van der Waals surface area contributed by atoms with E-state index in [2.05, 4.69) is 67.2 Å². The van der Waals surface area contributed by atoms with Crippen LogP contribution in [0.15, 0.2) is 77.4 Å². The molecule has 1 aliphatic heterocycles. The molecule has 0 aromatic heterocycles. The highest BCUT2D eigenvalue weighted by atomic mass is 16.5. The van der Waals surface area contributed by atoms with Crippen LogP contribution in [0.2, 0.25) is 0 Å². The molecule has 0 fully saturated rings. The number of carbonyl (C=O) groups excluding carboxylic acids is 1. The van der Waals surface area contributed by atoms with Crippen LogP contribution in [0.4, 0.5) is 11.4 Å². The predicted molar refractivity (Wildman–Crippen MR) is 124 cm³/mol. The Morgan fingerprint density at radius 3 is 2.60 bits per heavy atom. The van der Waals surface area contributed by atoms with E-state index in [9.17, 15) is 4.79 Å². The standard InChI is InChI=1S/C26H26N2O2/c1-5-30-25(29)20-12-8-9-13-21(20)27-17-16-23-26(2,3)24-19-11-7-6-10-18(19)14-15-22(24)28(23)4/h6-17H,5H2,1-4H3. The second kappa shape index (κ2) is 7.79. The number of hydrogen-bond acceptors (Lipinski definition) is 4. The summed E-state index contributed by atoms with van der Waals surface area (Å²) >= 11 is 0. The van der Waals surface area contributed by atoms with Gasteiger partial charge in [0.25, 0.3) is 0 Å². The molecule has 1 heterocycles. The molecule has 4 rings (SSSR count). The van der Waals surface area contributed by atoms with Gasteiger partial charge in [0.2, 0.25) is 0 Å². The smallest absolute Gasteiger partial charge is 0.340 e. The molecule has 0 saturated heterocycles. The molecule has 3 aromatic carbocycles. The van der Waals surface area contributed by atoms with Crippen molar-refractivity contribution in [2.45, 2.75) is 26.2 Å². The number of ether oxygens (including phenoxy) is 1. The van der Waals surface area contributed by atoms with Gasteiger partial charge in [0, 0.05) is 30.1 Å². The van der Waals surface area contributed by atoms with Crippen molar-refractivity contribution in [3.8, 4) is 0 Å². The van der Waals surface area contributed by atoms with Gasteiger partial charge in [-0.3, -0.25) is 4.99 Å². The average molecular weight is 399 g/mol. The molecule has 152 valence electrons. The minimum Gasteiger partial charge on any atom is -0.462 e. The number of aliphatic imine (C=N–C) groups is 1. The van der Waals surface area contributed by atoms with Crippen LogP contribution in [0.5, 0.6) is 0 Å². The third kappa shape index (κ3) is 3.28. The van der Waals surface area contributed by atoms with E-state index in [4.69, 9.17) is 4.74 Å². The summed E-state index contributed by atoms with van der Waals surface area (Å²) in [4.78, 5) is 19.0. The molecule has 0 aliphatic carbocycles. The van der Waals surface area contributed by atoms with Crippen LogP contribution in [0.3, 0.4) is 0 Å². The summed E-state index contributed by atoms with van der Waals surface area (Å²) in [5.74, 6) is -0.352. The summed E-state index contributed by atoms with van der Waals surface area (Å²) in [6.07, 6.45) is 3.82. The van der Waals surface area contributed by atoms with Gasteiger partial charge in [-0.1, -0.05) is 56.3 Å². The first kappa shape index (κ1) is 19.9. The third-order valence-corrected chi connectivity index (χ3v) is 5.74. The molecule has 0 atom stereocenters. The molecule has 0 spiro atoms. The van der Waals surface area contributed by atoms with Gasteiger partial charge in [-0.05, 0) is 47.5 Å². The van der Waals surface area contributed by atoms with Crippen LogP contribution >= 0.6 is 0 Å². The van der Waals surface area contributed by atoms with Crippen LogP contribution in [0, 0.1) is 0 Å². The Kier molecular flexibility index (Phi) is 5.17. The molecular formula is C26H26N2O2. The fourth-order valence-electron chi connectivity index (χ4n) is 4.35. The van der Waals surface area contributed by atoms with Crippen molar-refractivity contribution in [2.75, 3.05) is 18.6 Å². The number of allylic oxidation sites excluding steroid dienone is 2. The maximum Gasteiger partial charge on any atom is 0.340 e. The third-order valence-electron chi connectivity index (χ3n) is 5.74. The zero-order valence-corrected chi connectivity index (χ0v) is 17.8. The SMILES string of the molecule is CCOC(=O)c1ccccc1N=CC=C1N(C)c2ccc3ccccc3c2C1(C)C. The fraction of sp³-hybridized carbons (Fsp3) is 0.231. The fourth-order valence-corrected chi connectivity index (χ4v) is 4.35.